The summed E-state index contributed by atoms with van der Waals surface area (Å²) in [6.07, 6.45) is 3.62. The van der Waals surface area contributed by atoms with Crippen molar-refractivity contribution >= 4 is 17.9 Å². The fraction of sp³-hybridized carbons (Fsp3) is 0.481. The number of carbonyl (C=O) groups is 3. The first kappa shape index (κ1) is 31.7. The minimum Gasteiger partial charge on any atom is -0.481 e. The quantitative estimate of drug-likeness (QED) is 0.291. The van der Waals surface area contributed by atoms with Gasteiger partial charge in [0.05, 0.1) is 25.6 Å². The molecule has 1 saturated heterocycles. The number of aryl methyl sites for hydroxylation is 1. The second kappa shape index (κ2) is 14.6. The van der Waals surface area contributed by atoms with Crippen LogP contribution in [0.4, 0.5) is 8.78 Å². The molecule has 39 heavy (non-hydrogen) atoms. The summed E-state index contributed by atoms with van der Waals surface area (Å²) in [6.45, 7) is 6.03. The zero-order chi connectivity index (χ0) is 29.1. The van der Waals surface area contributed by atoms with Crippen molar-refractivity contribution in [2.75, 3.05) is 26.3 Å². The van der Waals surface area contributed by atoms with Gasteiger partial charge in [-0.15, -0.1) is 0 Å². The van der Waals surface area contributed by atoms with E-state index in [2.05, 4.69) is 9.88 Å². The smallest absolute Gasteiger partial charge is 0.336 e. The third kappa shape index (κ3) is 10.7. The normalized spacial score (nSPS) is 17.3. The number of aliphatic carboxylic acids is 3. The summed E-state index contributed by atoms with van der Waals surface area (Å²) in [5, 5.41) is 33.8. The van der Waals surface area contributed by atoms with Crippen LogP contribution in [0.2, 0.25) is 0 Å². The minimum atomic E-state index is -2.74. The average Bonchev–Trinajstić information content (AvgIpc) is 3.24. The number of aromatic nitrogens is 1. The van der Waals surface area contributed by atoms with Gasteiger partial charge in [0.2, 0.25) is 0 Å². The Morgan fingerprint density at radius 2 is 1.67 bits per heavy atom. The molecule has 2 aromatic rings. The Balaban J connectivity index is 0.000000349. The Labute approximate surface area is 224 Å². The van der Waals surface area contributed by atoms with E-state index in [4.69, 9.17) is 25.2 Å². The summed E-state index contributed by atoms with van der Waals surface area (Å²) in [7, 11) is 0. The number of carboxylic acid groups (broad SMARTS) is 3. The van der Waals surface area contributed by atoms with Crippen LogP contribution in [0, 0.1) is 17.0 Å². The zero-order valence-corrected chi connectivity index (χ0v) is 21.7. The number of nitrogens with zero attached hydrogens (tertiary/aromatic N) is 2. The number of aliphatic hydroxyl groups is 1. The number of rotatable bonds is 13. The summed E-state index contributed by atoms with van der Waals surface area (Å²) < 4.78 is 32.3. The van der Waals surface area contributed by atoms with Crippen molar-refractivity contribution in [3.63, 3.8) is 0 Å². The number of likely N-dealkylation sites (tertiary alicyclic amines) is 1. The number of carboxylic acids is 3. The minimum absolute atomic E-state index is 0.0884. The van der Waals surface area contributed by atoms with Crippen molar-refractivity contribution in [3.05, 3.63) is 65.5 Å². The van der Waals surface area contributed by atoms with Gasteiger partial charge in [0.15, 0.2) is 5.60 Å². The van der Waals surface area contributed by atoms with Gasteiger partial charge in [0.1, 0.15) is 11.6 Å². The van der Waals surface area contributed by atoms with Crippen LogP contribution in [0.3, 0.4) is 0 Å². The third-order valence-electron chi connectivity index (χ3n) is 6.44. The van der Waals surface area contributed by atoms with Crippen LogP contribution in [0.15, 0.2) is 42.7 Å². The van der Waals surface area contributed by atoms with Crippen LogP contribution in [0.25, 0.3) is 0 Å². The second-order valence-corrected chi connectivity index (χ2v) is 9.71. The van der Waals surface area contributed by atoms with Crippen molar-refractivity contribution in [2.24, 2.45) is 5.41 Å². The van der Waals surface area contributed by atoms with E-state index in [1.54, 1.807) is 12.3 Å². The molecule has 1 atom stereocenters. The predicted molar refractivity (Wildman–Crippen MR) is 135 cm³/mol. The molecule has 0 aliphatic carbocycles. The molecule has 2 heterocycles. The summed E-state index contributed by atoms with van der Waals surface area (Å²) in [4.78, 5) is 36.8. The molecule has 1 aliphatic heterocycles. The third-order valence-corrected chi connectivity index (χ3v) is 6.44. The van der Waals surface area contributed by atoms with Crippen LogP contribution in [0.5, 0.6) is 0 Å². The summed E-state index contributed by atoms with van der Waals surface area (Å²) >= 11 is 0. The molecule has 1 aliphatic rings. The molecular formula is C27H34F2N2O8. The average molecular weight is 553 g/mol. The SMILES string of the molecule is CCOC[C@]1(CCc2ccc(F)cc2)CCN(Cc2cncc(F)c2)C1.O=C(O)CC(O)(CC(=O)O)C(=O)O. The number of hydrogen-bond acceptors (Lipinski definition) is 7. The first-order valence-corrected chi connectivity index (χ1v) is 12.4. The molecule has 0 saturated carbocycles. The highest BCUT2D eigenvalue weighted by Crippen LogP contribution is 2.36. The van der Waals surface area contributed by atoms with E-state index >= 15 is 0 Å². The number of hydrogen-bond donors (Lipinski definition) is 4. The number of ether oxygens (including phenoxy) is 1. The van der Waals surface area contributed by atoms with Gasteiger partial charge >= 0.3 is 17.9 Å². The fourth-order valence-corrected chi connectivity index (χ4v) is 4.45. The number of pyridine rings is 1. The first-order chi connectivity index (χ1) is 18.4. The lowest BCUT2D eigenvalue weighted by Gasteiger charge is -2.29. The molecule has 0 amide bonds. The molecule has 12 heteroatoms. The van der Waals surface area contributed by atoms with Gasteiger partial charge in [0, 0.05) is 31.3 Å². The highest BCUT2D eigenvalue weighted by atomic mass is 19.1. The topological polar surface area (TPSA) is 157 Å². The first-order valence-electron chi connectivity index (χ1n) is 12.4. The van der Waals surface area contributed by atoms with Crippen molar-refractivity contribution in [1.82, 2.24) is 9.88 Å². The lowest BCUT2D eigenvalue weighted by molar-refractivity contribution is -0.170. The van der Waals surface area contributed by atoms with Gasteiger partial charge < -0.3 is 25.2 Å². The van der Waals surface area contributed by atoms with Gasteiger partial charge in [-0.1, -0.05) is 12.1 Å². The van der Waals surface area contributed by atoms with Gasteiger partial charge in [-0.25, -0.2) is 13.6 Å². The Kier molecular flexibility index (Phi) is 11.9. The van der Waals surface area contributed by atoms with Gasteiger partial charge in [0.25, 0.3) is 0 Å². The highest BCUT2D eigenvalue weighted by Gasteiger charge is 2.41. The molecule has 4 N–H and O–H groups in total. The number of halogens is 2. The van der Waals surface area contributed by atoms with E-state index in [1.165, 1.54) is 18.3 Å². The summed E-state index contributed by atoms with van der Waals surface area (Å²) in [5.41, 5.74) is -0.603. The maximum absolute atomic E-state index is 13.4. The second-order valence-electron chi connectivity index (χ2n) is 9.71. The molecule has 1 fully saturated rings. The van der Waals surface area contributed by atoms with E-state index < -0.39 is 36.4 Å². The van der Waals surface area contributed by atoms with Crippen LogP contribution in [0.1, 0.15) is 43.7 Å². The van der Waals surface area contributed by atoms with Gasteiger partial charge in [-0.05, 0) is 62.1 Å². The van der Waals surface area contributed by atoms with Crippen molar-refractivity contribution in [1.29, 1.82) is 0 Å². The Bertz CT molecular complexity index is 1100. The van der Waals surface area contributed by atoms with Crippen LogP contribution in [-0.4, -0.2) is 80.1 Å². The largest absolute Gasteiger partial charge is 0.481 e. The summed E-state index contributed by atoms with van der Waals surface area (Å²) in [6, 6.07) is 8.29. The van der Waals surface area contributed by atoms with E-state index in [9.17, 15) is 23.2 Å². The molecule has 0 unspecified atom stereocenters. The molecule has 1 aromatic heterocycles. The zero-order valence-electron chi connectivity index (χ0n) is 21.7. The van der Waals surface area contributed by atoms with Crippen LogP contribution < -0.4 is 0 Å². The van der Waals surface area contributed by atoms with E-state index in [0.29, 0.717) is 13.2 Å². The van der Waals surface area contributed by atoms with Crippen molar-refractivity contribution in [3.8, 4) is 0 Å². The summed E-state index contributed by atoms with van der Waals surface area (Å²) in [5.74, 6) is -5.51. The number of benzene rings is 1. The Morgan fingerprint density at radius 1 is 1.03 bits per heavy atom. The predicted octanol–water partition coefficient (Wildman–Crippen LogP) is 2.97. The maximum Gasteiger partial charge on any atom is 0.336 e. The molecule has 1 aromatic carbocycles. The van der Waals surface area contributed by atoms with Crippen molar-refractivity contribution in [2.45, 2.75) is 51.2 Å². The molecule has 214 valence electrons. The molecule has 10 nitrogen and oxygen atoms in total. The van der Waals surface area contributed by atoms with E-state index in [-0.39, 0.29) is 17.0 Å². The molecule has 0 bridgehead atoms. The monoisotopic (exact) mass is 552 g/mol. The highest BCUT2D eigenvalue weighted by molar-refractivity contribution is 5.88. The molecule has 0 spiro atoms. The standard InChI is InChI=1S/C21H26F2N2O.C6H8O7/c1-2-26-16-21(8-7-17-3-5-19(22)6-4-17)9-10-25(15-21)14-18-11-20(23)13-24-12-18;7-3(8)1-6(13,5(11)12)2-4(9)10/h3-6,11-13H,2,7-10,14-16H2,1H3;13H,1-2H2,(H,7,8)(H,9,10)(H,11,12)/t21-;/m1./s1. The Hall–Kier alpha value is -3.48. The molecule has 0 radical (unpaired) electrons. The van der Waals surface area contributed by atoms with Crippen molar-refractivity contribution < 1.29 is 48.3 Å². The van der Waals surface area contributed by atoms with E-state index in [1.807, 2.05) is 19.1 Å². The van der Waals surface area contributed by atoms with Gasteiger partial charge in [-0.3, -0.25) is 19.5 Å². The van der Waals surface area contributed by atoms with E-state index in [0.717, 1.165) is 50.1 Å². The van der Waals surface area contributed by atoms with Gasteiger partial charge in [-0.2, -0.15) is 0 Å². The van der Waals surface area contributed by atoms with Crippen LogP contribution >= 0.6 is 0 Å². The lowest BCUT2D eigenvalue weighted by Crippen LogP contribution is -2.42. The van der Waals surface area contributed by atoms with Crippen LogP contribution in [-0.2, 0) is 32.1 Å². The maximum atomic E-state index is 13.4. The fourth-order valence-electron chi connectivity index (χ4n) is 4.45. The molecular weight excluding hydrogens is 518 g/mol. The Morgan fingerprint density at radius 3 is 2.21 bits per heavy atom. The molecule has 3 rings (SSSR count). The lowest BCUT2D eigenvalue weighted by atomic mass is 9.82.